The summed E-state index contributed by atoms with van der Waals surface area (Å²) in [5.41, 5.74) is 0. The first-order valence-corrected chi connectivity index (χ1v) is 9.61. The molecule has 7 heteroatoms. The van der Waals surface area contributed by atoms with Crippen LogP contribution in [0.25, 0.3) is 0 Å². The van der Waals surface area contributed by atoms with E-state index in [0.29, 0.717) is 29.3 Å². The molecule has 0 amide bonds. The Labute approximate surface area is 136 Å². The fourth-order valence-corrected chi connectivity index (χ4v) is 3.64. The Hall–Kier alpha value is -0.660. The Balaban J connectivity index is 2.97. The highest BCUT2D eigenvalue weighted by Gasteiger charge is 2.21. The van der Waals surface area contributed by atoms with Gasteiger partial charge in [0.05, 0.1) is 0 Å². The van der Waals surface area contributed by atoms with Gasteiger partial charge in [-0.15, -0.1) is 0 Å². The van der Waals surface area contributed by atoms with Crippen molar-refractivity contribution < 1.29 is 8.42 Å². The molecule has 120 valence electrons. The maximum Gasteiger partial charge on any atom is 0.244 e. The first-order chi connectivity index (χ1) is 9.94. The van der Waals surface area contributed by atoms with E-state index >= 15 is 0 Å². The van der Waals surface area contributed by atoms with Gasteiger partial charge in [-0.3, -0.25) is 0 Å². The lowest BCUT2D eigenvalue weighted by atomic mass is 10.0. The van der Waals surface area contributed by atoms with E-state index in [4.69, 9.17) is 0 Å². The molecular weight excluding hydrogens is 354 g/mol. The summed E-state index contributed by atoms with van der Waals surface area (Å²) in [5, 5.41) is 3.06. The topological polar surface area (TPSA) is 71.1 Å². The van der Waals surface area contributed by atoms with E-state index in [-0.39, 0.29) is 4.90 Å². The van der Waals surface area contributed by atoms with E-state index in [1.165, 1.54) is 0 Å². The third kappa shape index (κ3) is 5.56. The second-order valence-corrected chi connectivity index (χ2v) is 7.61. The van der Waals surface area contributed by atoms with Crippen molar-refractivity contribution in [3.05, 3.63) is 16.7 Å². The lowest BCUT2D eigenvalue weighted by molar-refractivity contribution is 0.479. The van der Waals surface area contributed by atoms with Crippen molar-refractivity contribution in [1.82, 2.24) is 9.71 Å². The maximum atomic E-state index is 12.5. The summed E-state index contributed by atoms with van der Waals surface area (Å²) in [6.07, 6.45) is 4.41. The second kappa shape index (κ2) is 8.70. The van der Waals surface area contributed by atoms with Crippen LogP contribution in [-0.4, -0.2) is 26.5 Å². The quantitative estimate of drug-likeness (QED) is 0.691. The number of halogens is 1. The summed E-state index contributed by atoms with van der Waals surface area (Å²) < 4.78 is 28.3. The molecule has 1 aromatic rings. The average molecular weight is 378 g/mol. The Morgan fingerprint density at radius 2 is 1.95 bits per heavy atom. The van der Waals surface area contributed by atoms with E-state index < -0.39 is 10.0 Å². The van der Waals surface area contributed by atoms with Crippen molar-refractivity contribution in [3.63, 3.8) is 0 Å². The fraction of sp³-hybridized carbons (Fsp3) is 0.643. The number of nitrogens with zero attached hydrogens (tertiary/aromatic N) is 1. The molecule has 0 atom stereocenters. The lowest BCUT2D eigenvalue weighted by Crippen LogP contribution is -2.30. The number of hydrogen-bond donors (Lipinski definition) is 2. The number of sulfonamides is 1. The molecule has 1 heterocycles. The van der Waals surface area contributed by atoms with Crippen LogP contribution < -0.4 is 10.0 Å². The zero-order chi connectivity index (χ0) is 15.9. The minimum Gasteiger partial charge on any atom is -0.369 e. The minimum absolute atomic E-state index is 0.191. The minimum atomic E-state index is -3.56. The lowest BCUT2D eigenvalue weighted by Gasteiger charge is -2.15. The van der Waals surface area contributed by atoms with E-state index in [0.717, 1.165) is 19.3 Å². The van der Waals surface area contributed by atoms with Gasteiger partial charge in [0.1, 0.15) is 10.7 Å². The summed E-state index contributed by atoms with van der Waals surface area (Å²) in [6.45, 7) is 7.29. The first-order valence-electron chi connectivity index (χ1n) is 7.33. The molecule has 5 nitrogen and oxygen atoms in total. The van der Waals surface area contributed by atoms with Crippen LogP contribution in [0.2, 0.25) is 0 Å². The smallest absolute Gasteiger partial charge is 0.244 e. The molecule has 0 bridgehead atoms. The molecule has 0 fully saturated rings. The van der Waals surface area contributed by atoms with Crippen molar-refractivity contribution in [2.45, 2.75) is 44.9 Å². The SMILES string of the molecule is CCCNc1ncc(Br)cc1S(=O)(=O)NCC(CC)CC. The number of hydrogen-bond acceptors (Lipinski definition) is 4. The van der Waals surface area contributed by atoms with Crippen LogP contribution >= 0.6 is 15.9 Å². The van der Waals surface area contributed by atoms with E-state index in [9.17, 15) is 8.42 Å². The highest BCUT2D eigenvalue weighted by atomic mass is 79.9. The molecule has 0 aliphatic carbocycles. The molecule has 0 aliphatic heterocycles. The Morgan fingerprint density at radius 1 is 1.29 bits per heavy atom. The van der Waals surface area contributed by atoms with Gasteiger partial charge in [0.25, 0.3) is 0 Å². The summed E-state index contributed by atoms with van der Waals surface area (Å²) >= 11 is 3.28. The van der Waals surface area contributed by atoms with Crippen molar-refractivity contribution in [2.75, 3.05) is 18.4 Å². The Kier molecular flexibility index (Phi) is 7.62. The molecule has 0 aromatic carbocycles. The van der Waals surface area contributed by atoms with Gasteiger partial charge in [-0.2, -0.15) is 0 Å². The van der Waals surface area contributed by atoms with Gasteiger partial charge in [-0.1, -0.05) is 33.6 Å². The van der Waals surface area contributed by atoms with Crippen LogP contribution in [0.1, 0.15) is 40.0 Å². The predicted molar refractivity (Wildman–Crippen MR) is 90.0 cm³/mol. The molecule has 1 rings (SSSR count). The number of anilines is 1. The number of pyridine rings is 1. The van der Waals surface area contributed by atoms with Gasteiger partial charge in [-0.25, -0.2) is 18.1 Å². The van der Waals surface area contributed by atoms with E-state index in [1.54, 1.807) is 12.3 Å². The summed E-state index contributed by atoms with van der Waals surface area (Å²) in [4.78, 5) is 4.36. The van der Waals surface area contributed by atoms with Gasteiger partial charge in [0, 0.05) is 23.8 Å². The van der Waals surface area contributed by atoms with Crippen molar-refractivity contribution in [1.29, 1.82) is 0 Å². The van der Waals surface area contributed by atoms with Crippen LogP contribution in [0.15, 0.2) is 21.6 Å². The van der Waals surface area contributed by atoms with Crippen LogP contribution in [0.3, 0.4) is 0 Å². The monoisotopic (exact) mass is 377 g/mol. The van der Waals surface area contributed by atoms with Gasteiger partial charge < -0.3 is 5.32 Å². The molecule has 0 radical (unpaired) electrons. The zero-order valence-electron chi connectivity index (χ0n) is 12.8. The summed E-state index contributed by atoms with van der Waals surface area (Å²) in [5.74, 6) is 0.754. The first kappa shape index (κ1) is 18.4. The number of aromatic nitrogens is 1. The molecule has 0 unspecified atom stereocenters. The highest BCUT2D eigenvalue weighted by Crippen LogP contribution is 2.23. The van der Waals surface area contributed by atoms with Gasteiger partial charge >= 0.3 is 0 Å². The maximum absolute atomic E-state index is 12.5. The molecule has 0 saturated heterocycles. The molecule has 1 aromatic heterocycles. The molecule has 0 saturated carbocycles. The van der Waals surface area contributed by atoms with Crippen molar-refractivity contribution in [3.8, 4) is 0 Å². The summed E-state index contributed by atoms with van der Waals surface area (Å²) in [7, 11) is -3.56. The number of rotatable bonds is 9. The molecule has 0 aliphatic rings. The van der Waals surface area contributed by atoms with Crippen molar-refractivity contribution >= 4 is 31.8 Å². The van der Waals surface area contributed by atoms with Crippen molar-refractivity contribution in [2.24, 2.45) is 5.92 Å². The highest BCUT2D eigenvalue weighted by molar-refractivity contribution is 9.10. The van der Waals surface area contributed by atoms with Gasteiger partial charge in [0.15, 0.2) is 0 Å². The molecule has 2 N–H and O–H groups in total. The average Bonchev–Trinajstić information content (AvgIpc) is 2.47. The third-order valence-corrected chi connectivity index (χ3v) is 5.24. The van der Waals surface area contributed by atoms with Gasteiger partial charge in [-0.05, 0) is 34.3 Å². The van der Waals surface area contributed by atoms with E-state index in [1.807, 2.05) is 6.92 Å². The fourth-order valence-electron chi connectivity index (χ4n) is 1.88. The Morgan fingerprint density at radius 3 is 2.52 bits per heavy atom. The molecular formula is C14H24BrN3O2S. The largest absolute Gasteiger partial charge is 0.369 e. The van der Waals surface area contributed by atoms with Gasteiger partial charge in [0.2, 0.25) is 10.0 Å². The molecule has 21 heavy (non-hydrogen) atoms. The van der Waals surface area contributed by atoms with E-state index in [2.05, 4.69) is 44.8 Å². The molecule has 0 spiro atoms. The normalized spacial score (nSPS) is 11.9. The van der Waals surface area contributed by atoms with Crippen LogP contribution in [0.5, 0.6) is 0 Å². The Bertz CT molecular complexity index is 545. The van der Waals surface area contributed by atoms with Crippen LogP contribution in [0.4, 0.5) is 5.82 Å². The second-order valence-electron chi connectivity index (χ2n) is 4.96. The predicted octanol–water partition coefficient (Wildman–Crippen LogP) is 3.38. The number of nitrogens with one attached hydrogen (secondary N) is 2. The third-order valence-electron chi connectivity index (χ3n) is 3.37. The standard InChI is InChI=1S/C14H24BrN3O2S/c1-4-7-16-14-13(8-12(15)10-17-14)21(19,20)18-9-11(5-2)6-3/h8,10-11,18H,4-7,9H2,1-3H3,(H,16,17). The summed E-state index contributed by atoms with van der Waals surface area (Å²) in [6, 6.07) is 1.58. The van der Waals surface area contributed by atoms with Crippen LogP contribution in [-0.2, 0) is 10.0 Å². The van der Waals surface area contributed by atoms with Crippen LogP contribution in [0, 0.1) is 5.92 Å². The zero-order valence-corrected chi connectivity index (χ0v) is 15.2.